The summed E-state index contributed by atoms with van der Waals surface area (Å²) in [4.78, 5) is 20.9. The van der Waals surface area contributed by atoms with Crippen LogP contribution in [0.3, 0.4) is 0 Å². The van der Waals surface area contributed by atoms with Crippen LogP contribution in [0.25, 0.3) is 6.08 Å². The fourth-order valence-corrected chi connectivity index (χ4v) is 5.64. The second-order valence-corrected chi connectivity index (χ2v) is 10.9. The van der Waals surface area contributed by atoms with Crippen LogP contribution in [0.15, 0.2) is 114 Å². The molecular weight excluding hydrogens is 575 g/mol. The summed E-state index contributed by atoms with van der Waals surface area (Å²) in [7, 11) is 1.62. The van der Waals surface area contributed by atoms with Gasteiger partial charge >= 0.3 is 0 Å². The van der Waals surface area contributed by atoms with Gasteiger partial charge in [-0.3, -0.25) is 9.69 Å². The number of hydrogen-bond donors (Lipinski definition) is 0. The highest BCUT2D eigenvalue weighted by Crippen LogP contribution is 2.39. The number of halogens is 1. The molecule has 1 heterocycles. The molecule has 0 radical (unpaired) electrons. The summed E-state index contributed by atoms with van der Waals surface area (Å²) < 4.78 is 30.9. The van der Waals surface area contributed by atoms with Crippen LogP contribution in [-0.4, -0.2) is 29.7 Å². The molecule has 44 heavy (non-hydrogen) atoms. The number of nitrogens with zero attached hydrogens (tertiary/aromatic N) is 2. The van der Waals surface area contributed by atoms with E-state index in [1.165, 1.54) is 23.9 Å². The minimum absolute atomic E-state index is 0.139. The Balaban J connectivity index is 1.48. The SMILES string of the molecule is C=CCc1cc(/C=C2\SC(=Nc3ccccc3)N(Cc3ccc(OC)cc3)C2=O)cc(OCC)c1OCc1ccc(F)cc1. The first kappa shape index (κ1) is 30.6. The highest BCUT2D eigenvalue weighted by Gasteiger charge is 2.33. The number of aliphatic imine (C=N–C) groups is 1. The maximum atomic E-state index is 13.8. The largest absolute Gasteiger partial charge is 0.497 e. The molecule has 1 fully saturated rings. The van der Waals surface area contributed by atoms with Gasteiger partial charge in [0.2, 0.25) is 0 Å². The highest BCUT2D eigenvalue weighted by atomic mass is 32.2. The normalized spacial score (nSPS) is 14.7. The summed E-state index contributed by atoms with van der Waals surface area (Å²) in [6.45, 7) is 6.86. The zero-order valence-electron chi connectivity index (χ0n) is 24.7. The van der Waals surface area contributed by atoms with Gasteiger partial charge in [0.05, 0.1) is 30.9 Å². The van der Waals surface area contributed by atoms with Crippen LogP contribution < -0.4 is 14.2 Å². The molecule has 4 aromatic carbocycles. The molecule has 1 aliphatic heterocycles. The number of thioether (sulfide) groups is 1. The third-order valence-electron chi connectivity index (χ3n) is 6.78. The Kier molecular flexibility index (Phi) is 10.1. The molecule has 1 amide bonds. The maximum Gasteiger partial charge on any atom is 0.267 e. The Hall–Kier alpha value is -4.82. The first-order valence-corrected chi connectivity index (χ1v) is 15.0. The zero-order chi connectivity index (χ0) is 30.9. The van der Waals surface area contributed by atoms with Crippen LogP contribution in [0.1, 0.15) is 29.2 Å². The number of benzene rings is 4. The van der Waals surface area contributed by atoms with E-state index in [-0.39, 0.29) is 18.3 Å². The maximum absolute atomic E-state index is 13.8. The van der Waals surface area contributed by atoms with Crippen molar-refractivity contribution in [3.63, 3.8) is 0 Å². The highest BCUT2D eigenvalue weighted by molar-refractivity contribution is 8.18. The topological polar surface area (TPSA) is 60.4 Å². The molecule has 4 aromatic rings. The summed E-state index contributed by atoms with van der Waals surface area (Å²) in [5.74, 6) is 1.47. The molecule has 0 saturated carbocycles. The van der Waals surface area contributed by atoms with Crippen LogP contribution in [0.4, 0.5) is 10.1 Å². The molecule has 0 N–H and O–H groups in total. The molecule has 0 bridgehead atoms. The molecule has 1 saturated heterocycles. The zero-order valence-corrected chi connectivity index (χ0v) is 25.5. The summed E-state index contributed by atoms with van der Waals surface area (Å²) >= 11 is 1.33. The van der Waals surface area contributed by atoms with E-state index in [1.807, 2.05) is 79.7 Å². The second-order valence-electron chi connectivity index (χ2n) is 9.93. The van der Waals surface area contributed by atoms with E-state index >= 15 is 0 Å². The lowest BCUT2D eigenvalue weighted by Crippen LogP contribution is -2.28. The lowest BCUT2D eigenvalue weighted by Gasteiger charge is -2.17. The number of amidine groups is 1. The van der Waals surface area contributed by atoms with Gasteiger partial charge in [0.1, 0.15) is 18.2 Å². The minimum Gasteiger partial charge on any atom is -0.497 e. The molecule has 8 heteroatoms. The molecule has 224 valence electrons. The number of para-hydroxylation sites is 1. The first-order chi connectivity index (χ1) is 21.5. The van der Waals surface area contributed by atoms with Crippen molar-refractivity contribution >= 4 is 34.6 Å². The molecule has 0 aromatic heterocycles. The third-order valence-corrected chi connectivity index (χ3v) is 7.79. The number of carbonyl (C=O) groups excluding carboxylic acids is 1. The summed E-state index contributed by atoms with van der Waals surface area (Å²) in [5.41, 5.74) is 4.21. The molecule has 0 unspecified atom stereocenters. The van der Waals surface area contributed by atoms with E-state index in [9.17, 15) is 9.18 Å². The van der Waals surface area contributed by atoms with Crippen molar-refractivity contribution in [2.24, 2.45) is 4.99 Å². The van der Waals surface area contributed by atoms with E-state index in [1.54, 1.807) is 30.2 Å². The van der Waals surface area contributed by atoms with E-state index in [0.717, 1.165) is 33.7 Å². The molecule has 0 atom stereocenters. The Morgan fingerprint density at radius 1 is 0.955 bits per heavy atom. The monoisotopic (exact) mass is 608 g/mol. The Labute approximate surface area is 261 Å². The van der Waals surface area contributed by atoms with E-state index in [2.05, 4.69) is 6.58 Å². The van der Waals surface area contributed by atoms with Crippen molar-refractivity contribution in [1.29, 1.82) is 0 Å². The van der Waals surface area contributed by atoms with Gasteiger partial charge in [0.25, 0.3) is 5.91 Å². The predicted octanol–water partition coefficient (Wildman–Crippen LogP) is 8.34. The fraction of sp³-hybridized carbons (Fsp3) is 0.167. The molecule has 0 aliphatic carbocycles. The van der Waals surface area contributed by atoms with Gasteiger partial charge in [-0.1, -0.05) is 48.5 Å². The third kappa shape index (κ3) is 7.57. The van der Waals surface area contributed by atoms with Gasteiger partial charge in [-0.15, -0.1) is 6.58 Å². The van der Waals surface area contributed by atoms with Crippen LogP contribution in [0, 0.1) is 5.82 Å². The van der Waals surface area contributed by atoms with Crippen LogP contribution in [0.2, 0.25) is 0 Å². The van der Waals surface area contributed by atoms with Gasteiger partial charge < -0.3 is 14.2 Å². The van der Waals surface area contributed by atoms with Crippen LogP contribution >= 0.6 is 11.8 Å². The summed E-state index contributed by atoms with van der Waals surface area (Å²) in [5, 5.41) is 0.596. The van der Waals surface area contributed by atoms with Crippen molar-refractivity contribution in [3.05, 3.63) is 137 Å². The average molecular weight is 609 g/mol. The molecular formula is C36H33FN2O4S. The number of ether oxygens (including phenoxy) is 3. The number of allylic oxidation sites excluding steroid dienone is 1. The van der Waals surface area contributed by atoms with Gasteiger partial charge in [-0.25, -0.2) is 9.38 Å². The van der Waals surface area contributed by atoms with Crippen LogP contribution in [-0.2, 0) is 24.4 Å². The number of hydrogen-bond acceptors (Lipinski definition) is 6. The lowest BCUT2D eigenvalue weighted by molar-refractivity contribution is -0.122. The average Bonchev–Trinajstić information content (AvgIpc) is 3.31. The Bertz CT molecular complexity index is 1670. The number of rotatable bonds is 12. The molecule has 5 rings (SSSR count). The minimum atomic E-state index is -0.299. The fourth-order valence-electron chi connectivity index (χ4n) is 4.65. The smallest absolute Gasteiger partial charge is 0.267 e. The second kappa shape index (κ2) is 14.6. The quantitative estimate of drug-likeness (QED) is 0.120. The van der Waals surface area contributed by atoms with Crippen LogP contribution in [0.5, 0.6) is 17.2 Å². The molecule has 0 spiro atoms. The van der Waals surface area contributed by atoms with Crippen molar-refractivity contribution in [3.8, 4) is 17.2 Å². The Morgan fingerprint density at radius 3 is 2.36 bits per heavy atom. The van der Waals surface area contributed by atoms with Gasteiger partial charge in [0, 0.05) is 5.56 Å². The first-order valence-electron chi connectivity index (χ1n) is 14.2. The number of methoxy groups -OCH3 is 1. The van der Waals surface area contributed by atoms with E-state index in [4.69, 9.17) is 19.2 Å². The number of amides is 1. The summed E-state index contributed by atoms with van der Waals surface area (Å²) in [6, 6.07) is 27.3. The van der Waals surface area contributed by atoms with Crippen molar-refractivity contribution in [2.45, 2.75) is 26.5 Å². The van der Waals surface area contributed by atoms with Crippen molar-refractivity contribution < 1.29 is 23.4 Å². The predicted molar refractivity (Wildman–Crippen MR) is 175 cm³/mol. The Morgan fingerprint density at radius 2 is 1.68 bits per heavy atom. The molecule has 6 nitrogen and oxygen atoms in total. The van der Waals surface area contributed by atoms with Gasteiger partial charge in [-0.2, -0.15) is 0 Å². The standard InChI is InChI=1S/C36H33FN2O4S/c1-4-9-28-20-27(21-32(42-5-2)34(28)43-24-26-12-16-29(37)17-13-26)22-33-35(40)39(23-25-14-18-31(41-3)19-15-25)36(44-33)38-30-10-7-6-8-11-30/h4,6-8,10-22H,1,5,9,23-24H2,2-3H3/b33-22-,38-36?. The van der Waals surface area contributed by atoms with Gasteiger partial charge in [-0.05, 0) is 96.4 Å². The van der Waals surface area contributed by atoms with Crippen molar-refractivity contribution in [2.75, 3.05) is 13.7 Å². The van der Waals surface area contributed by atoms with E-state index in [0.29, 0.717) is 41.1 Å². The van der Waals surface area contributed by atoms with Gasteiger partial charge in [0.15, 0.2) is 16.7 Å². The lowest BCUT2D eigenvalue weighted by atomic mass is 10.0. The number of carbonyl (C=O) groups is 1. The summed E-state index contributed by atoms with van der Waals surface area (Å²) in [6.07, 6.45) is 4.19. The molecule has 1 aliphatic rings. The van der Waals surface area contributed by atoms with E-state index < -0.39 is 0 Å². The van der Waals surface area contributed by atoms with Crippen molar-refractivity contribution in [1.82, 2.24) is 4.90 Å².